The summed E-state index contributed by atoms with van der Waals surface area (Å²) in [7, 11) is 0. The lowest BCUT2D eigenvalue weighted by Gasteiger charge is -2.19. The van der Waals surface area contributed by atoms with Gasteiger partial charge in [-0.3, -0.25) is 4.98 Å². The summed E-state index contributed by atoms with van der Waals surface area (Å²) in [6.07, 6.45) is 7.55. The van der Waals surface area contributed by atoms with Crippen molar-refractivity contribution >= 4 is 0 Å². The van der Waals surface area contributed by atoms with Gasteiger partial charge in [0.05, 0.1) is 6.20 Å². The average molecular weight is 194 g/mol. The fraction of sp³-hybridized carbons (Fsp3) is 0.545. The second-order valence-electron chi connectivity index (χ2n) is 3.97. The number of hydrogen-bond acceptors (Lipinski definition) is 2. The van der Waals surface area contributed by atoms with Crippen molar-refractivity contribution in [3.8, 4) is 0 Å². The lowest BCUT2D eigenvalue weighted by Crippen LogP contribution is -2.20. The fourth-order valence-corrected chi connectivity index (χ4v) is 2.23. The number of nitrogens with zero attached hydrogens (tertiary/aromatic N) is 1. The van der Waals surface area contributed by atoms with Crippen LogP contribution in [-0.2, 0) is 0 Å². The van der Waals surface area contributed by atoms with Crippen LogP contribution in [0.1, 0.15) is 37.3 Å². The van der Waals surface area contributed by atoms with Gasteiger partial charge in [-0.15, -0.1) is 0 Å². The van der Waals surface area contributed by atoms with Gasteiger partial charge in [0, 0.05) is 17.8 Å². The zero-order valence-electron chi connectivity index (χ0n) is 8.12. The van der Waals surface area contributed by atoms with Gasteiger partial charge in [0.15, 0.2) is 0 Å². The summed E-state index contributed by atoms with van der Waals surface area (Å²) in [5.74, 6) is 0.179. The van der Waals surface area contributed by atoms with Crippen LogP contribution in [0.5, 0.6) is 0 Å². The van der Waals surface area contributed by atoms with Crippen molar-refractivity contribution in [1.82, 2.24) is 4.98 Å². The summed E-state index contributed by atoms with van der Waals surface area (Å²) in [4.78, 5) is 3.72. The fourth-order valence-electron chi connectivity index (χ4n) is 2.23. The highest BCUT2D eigenvalue weighted by Gasteiger charge is 2.24. The van der Waals surface area contributed by atoms with Gasteiger partial charge in [0.25, 0.3) is 0 Å². The molecule has 0 aliphatic heterocycles. The quantitative estimate of drug-likeness (QED) is 0.785. The van der Waals surface area contributed by atoms with Gasteiger partial charge < -0.3 is 5.73 Å². The van der Waals surface area contributed by atoms with Crippen LogP contribution in [0, 0.1) is 11.7 Å². The van der Waals surface area contributed by atoms with Crippen LogP contribution >= 0.6 is 0 Å². The van der Waals surface area contributed by atoms with E-state index in [1.54, 1.807) is 12.3 Å². The molecule has 0 amide bonds. The van der Waals surface area contributed by atoms with E-state index in [2.05, 4.69) is 4.98 Å². The molecule has 2 nitrogen and oxygen atoms in total. The Kier molecular flexibility index (Phi) is 2.77. The molecule has 1 aromatic rings. The largest absolute Gasteiger partial charge is 0.324 e. The van der Waals surface area contributed by atoms with E-state index in [1.807, 2.05) is 0 Å². The van der Waals surface area contributed by atoms with E-state index in [-0.39, 0.29) is 11.9 Å². The Morgan fingerprint density at radius 2 is 2.14 bits per heavy atom. The van der Waals surface area contributed by atoms with E-state index in [1.165, 1.54) is 19.0 Å². The SMILES string of the molecule is NC(c1ccncc1F)C1CCCC1. The molecule has 1 saturated carbocycles. The van der Waals surface area contributed by atoms with Gasteiger partial charge in [0.2, 0.25) is 0 Å². The third kappa shape index (κ3) is 1.77. The Morgan fingerprint density at radius 1 is 1.43 bits per heavy atom. The molecule has 14 heavy (non-hydrogen) atoms. The summed E-state index contributed by atoms with van der Waals surface area (Å²) in [6.45, 7) is 0. The molecule has 0 radical (unpaired) electrons. The molecule has 1 fully saturated rings. The number of nitrogens with two attached hydrogens (primary N) is 1. The van der Waals surface area contributed by atoms with Crippen molar-refractivity contribution in [2.75, 3.05) is 0 Å². The molecule has 0 bridgehead atoms. The molecule has 1 aromatic heterocycles. The summed E-state index contributed by atoms with van der Waals surface area (Å²) < 4.78 is 13.4. The molecule has 1 atom stereocenters. The van der Waals surface area contributed by atoms with E-state index in [9.17, 15) is 4.39 Å². The lowest BCUT2D eigenvalue weighted by atomic mass is 9.93. The Labute approximate surface area is 83.3 Å². The zero-order chi connectivity index (χ0) is 9.97. The van der Waals surface area contributed by atoms with Gasteiger partial charge in [-0.1, -0.05) is 12.8 Å². The molecular formula is C11H15FN2. The molecule has 1 aliphatic carbocycles. The highest BCUT2D eigenvalue weighted by atomic mass is 19.1. The highest BCUT2D eigenvalue weighted by Crippen LogP contribution is 2.34. The van der Waals surface area contributed by atoms with Crippen LogP contribution in [0.25, 0.3) is 0 Å². The Hall–Kier alpha value is -0.960. The molecule has 0 aromatic carbocycles. The lowest BCUT2D eigenvalue weighted by molar-refractivity contribution is 0.428. The van der Waals surface area contributed by atoms with Crippen LogP contribution in [0.15, 0.2) is 18.5 Å². The second kappa shape index (κ2) is 4.05. The molecular weight excluding hydrogens is 179 g/mol. The number of halogens is 1. The van der Waals surface area contributed by atoms with Crippen LogP contribution in [-0.4, -0.2) is 4.98 Å². The monoisotopic (exact) mass is 194 g/mol. The zero-order valence-corrected chi connectivity index (χ0v) is 8.12. The van der Waals surface area contributed by atoms with Crippen LogP contribution in [0.4, 0.5) is 4.39 Å². The van der Waals surface area contributed by atoms with Gasteiger partial charge >= 0.3 is 0 Å². The molecule has 2 rings (SSSR count). The second-order valence-corrected chi connectivity index (χ2v) is 3.97. The van der Waals surface area contributed by atoms with Gasteiger partial charge in [-0.05, 0) is 24.8 Å². The minimum Gasteiger partial charge on any atom is -0.324 e. The first-order valence-corrected chi connectivity index (χ1v) is 5.14. The molecule has 1 aliphatic rings. The minimum absolute atomic E-state index is 0.152. The normalized spacial score (nSPS) is 19.9. The standard InChI is InChI=1S/C11H15FN2/c12-10-7-14-6-5-9(10)11(13)8-3-1-2-4-8/h5-8,11H,1-4,13H2. The van der Waals surface area contributed by atoms with Crippen molar-refractivity contribution in [3.63, 3.8) is 0 Å². The molecule has 0 spiro atoms. The maximum Gasteiger partial charge on any atom is 0.146 e. The molecule has 76 valence electrons. The molecule has 0 saturated heterocycles. The predicted molar refractivity (Wildman–Crippen MR) is 53.1 cm³/mol. The van der Waals surface area contributed by atoms with Crippen LogP contribution in [0.3, 0.4) is 0 Å². The number of rotatable bonds is 2. The topological polar surface area (TPSA) is 38.9 Å². The molecule has 1 unspecified atom stereocenters. The van der Waals surface area contributed by atoms with E-state index >= 15 is 0 Å². The van der Waals surface area contributed by atoms with Crippen molar-refractivity contribution in [2.45, 2.75) is 31.7 Å². The van der Waals surface area contributed by atoms with Crippen molar-refractivity contribution < 1.29 is 4.39 Å². The maximum absolute atomic E-state index is 13.4. The molecule has 2 N–H and O–H groups in total. The molecule has 3 heteroatoms. The van der Waals surface area contributed by atoms with Crippen LogP contribution in [0.2, 0.25) is 0 Å². The first-order valence-electron chi connectivity index (χ1n) is 5.14. The van der Waals surface area contributed by atoms with Gasteiger partial charge in [0.1, 0.15) is 5.82 Å². The Bertz CT molecular complexity index is 308. The third-order valence-electron chi connectivity index (χ3n) is 3.07. The molecule has 1 heterocycles. The van der Waals surface area contributed by atoms with E-state index in [0.717, 1.165) is 12.8 Å². The van der Waals surface area contributed by atoms with Gasteiger partial charge in [-0.2, -0.15) is 0 Å². The van der Waals surface area contributed by atoms with E-state index in [4.69, 9.17) is 5.73 Å². The number of hydrogen-bond donors (Lipinski definition) is 1. The summed E-state index contributed by atoms with van der Waals surface area (Å²) in [5.41, 5.74) is 6.65. The minimum atomic E-state index is -0.271. The smallest absolute Gasteiger partial charge is 0.146 e. The third-order valence-corrected chi connectivity index (χ3v) is 3.07. The van der Waals surface area contributed by atoms with Crippen molar-refractivity contribution in [1.29, 1.82) is 0 Å². The average Bonchev–Trinajstić information content (AvgIpc) is 2.70. The Morgan fingerprint density at radius 3 is 2.79 bits per heavy atom. The summed E-state index contributed by atoms with van der Waals surface area (Å²) >= 11 is 0. The van der Waals surface area contributed by atoms with Crippen molar-refractivity contribution in [3.05, 3.63) is 29.8 Å². The first kappa shape index (κ1) is 9.59. The highest BCUT2D eigenvalue weighted by molar-refractivity contribution is 5.18. The number of aromatic nitrogens is 1. The number of pyridine rings is 1. The van der Waals surface area contributed by atoms with E-state index in [0.29, 0.717) is 11.5 Å². The van der Waals surface area contributed by atoms with Crippen LogP contribution < -0.4 is 5.73 Å². The van der Waals surface area contributed by atoms with Crippen molar-refractivity contribution in [2.24, 2.45) is 11.7 Å². The Balaban J connectivity index is 2.17. The summed E-state index contributed by atoms with van der Waals surface area (Å²) in [6, 6.07) is 1.54. The summed E-state index contributed by atoms with van der Waals surface area (Å²) in [5, 5.41) is 0. The van der Waals surface area contributed by atoms with Gasteiger partial charge in [-0.25, -0.2) is 4.39 Å². The van der Waals surface area contributed by atoms with E-state index < -0.39 is 0 Å². The predicted octanol–water partition coefficient (Wildman–Crippen LogP) is 2.41. The first-order chi connectivity index (χ1) is 6.79. The maximum atomic E-state index is 13.4.